The van der Waals surface area contributed by atoms with Crippen LogP contribution in [0.3, 0.4) is 0 Å². The number of carbonyl (C=O) groups excluding carboxylic acids is 3. The van der Waals surface area contributed by atoms with Crippen molar-refractivity contribution in [2.24, 2.45) is 5.92 Å². The van der Waals surface area contributed by atoms with E-state index in [0.29, 0.717) is 28.7 Å². The van der Waals surface area contributed by atoms with Crippen LogP contribution < -0.4 is 5.32 Å². The zero-order valence-electron chi connectivity index (χ0n) is 24.4. The van der Waals surface area contributed by atoms with E-state index in [1.165, 1.54) is 11.6 Å². The second kappa shape index (κ2) is 11.5. The molecule has 4 aromatic rings. The van der Waals surface area contributed by atoms with Crippen molar-refractivity contribution in [3.8, 4) is 11.1 Å². The predicted molar refractivity (Wildman–Crippen MR) is 160 cm³/mol. The van der Waals surface area contributed by atoms with E-state index < -0.39 is 11.9 Å². The molecule has 1 aliphatic heterocycles. The number of halogens is 1. The number of aromatic nitrogens is 4. The van der Waals surface area contributed by atoms with Crippen molar-refractivity contribution in [2.45, 2.75) is 58.7 Å². The third-order valence-corrected chi connectivity index (χ3v) is 8.70. The van der Waals surface area contributed by atoms with E-state index in [-0.39, 0.29) is 48.3 Å². The molecule has 2 amide bonds. The van der Waals surface area contributed by atoms with Gasteiger partial charge < -0.3 is 10.2 Å². The maximum atomic E-state index is 14.9. The van der Waals surface area contributed by atoms with Crippen LogP contribution in [0.5, 0.6) is 0 Å². The summed E-state index contributed by atoms with van der Waals surface area (Å²) in [5.74, 6) is -0.348. The fourth-order valence-electron chi connectivity index (χ4n) is 6.17. The number of benzene rings is 2. The number of carbonyl (C=O) groups is 3. The van der Waals surface area contributed by atoms with Gasteiger partial charge in [0.25, 0.3) is 0 Å². The number of nitrogens with one attached hydrogen (secondary N) is 1. The van der Waals surface area contributed by atoms with Crippen LogP contribution in [-0.2, 0) is 16.1 Å². The Hall–Kier alpha value is -4.73. The number of ketones is 1. The van der Waals surface area contributed by atoms with Crippen LogP contribution in [0.2, 0.25) is 0 Å². The van der Waals surface area contributed by atoms with E-state index in [1.54, 1.807) is 24.2 Å². The number of allylic oxidation sites excluding steroid dienone is 1. The highest BCUT2D eigenvalue weighted by molar-refractivity contribution is 6.06. The molecule has 1 N–H and O–H groups in total. The van der Waals surface area contributed by atoms with Crippen LogP contribution in [0, 0.1) is 12.8 Å². The number of Topliss-reactive ketones (excluding diaryl/α,β-unsaturated/α-hetero) is 1. The monoisotopic (exact) mass is 580 g/mol. The standard InChI is InChI=1S/C33H33FN6O3/c1-19(22-7-5-4-6-8-22)27(34)17-37-33(43)30-14-24-10-11-28(24)40(30)31(42)18-39-29-12-9-23(25-15-35-21(3)36-16-25)13-26(29)32(38-39)20(2)41/h4-9,12-13,15-16,24,28,30H,10-11,14,17-18H2,1-3H3,(H,37,43)/b27-19+/t24-,28-,30+/m1/s1. The second-order valence-electron chi connectivity index (χ2n) is 11.4. The summed E-state index contributed by atoms with van der Waals surface area (Å²) in [7, 11) is 0. The van der Waals surface area contributed by atoms with Crippen LogP contribution in [0.25, 0.3) is 27.6 Å². The molecule has 6 rings (SSSR count). The van der Waals surface area contributed by atoms with E-state index >= 15 is 0 Å². The molecule has 9 nitrogen and oxygen atoms in total. The lowest BCUT2D eigenvalue weighted by atomic mass is 9.80. The molecule has 1 saturated carbocycles. The van der Waals surface area contributed by atoms with E-state index in [0.717, 1.165) is 29.5 Å². The van der Waals surface area contributed by atoms with Crippen LogP contribution in [0.1, 0.15) is 55.0 Å². The van der Waals surface area contributed by atoms with Crippen LogP contribution in [0.15, 0.2) is 66.8 Å². The van der Waals surface area contributed by atoms with Crippen molar-refractivity contribution in [3.63, 3.8) is 0 Å². The van der Waals surface area contributed by atoms with Crippen molar-refractivity contribution in [1.82, 2.24) is 30.0 Å². The first-order valence-corrected chi connectivity index (χ1v) is 14.5. The highest BCUT2D eigenvalue weighted by Crippen LogP contribution is 2.44. The molecule has 3 heterocycles. The van der Waals surface area contributed by atoms with Crippen LogP contribution in [-0.4, -0.2) is 60.9 Å². The number of amides is 2. The van der Waals surface area contributed by atoms with Crippen molar-refractivity contribution in [1.29, 1.82) is 0 Å². The Kier molecular flexibility index (Phi) is 7.60. The molecule has 0 spiro atoms. The Bertz CT molecular complexity index is 1750. The van der Waals surface area contributed by atoms with E-state index in [9.17, 15) is 18.8 Å². The molecule has 220 valence electrons. The minimum absolute atomic E-state index is 0.0306. The molecule has 2 aromatic carbocycles. The topological polar surface area (TPSA) is 110 Å². The summed E-state index contributed by atoms with van der Waals surface area (Å²) in [6.07, 6.45) is 5.77. The van der Waals surface area contributed by atoms with Gasteiger partial charge in [0.2, 0.25) is 11.8 Å². The number of likely N-dealkylation sites (tertiary alicyclic amines) is 1. The van der Waals surface area contributed by atoms with Gasteiger partial charge in [-0.15, -0.1) is 0 Å². The number of rotatable bonds is 8. The molecule has 1 aliphatic carbocycles. The summed E-state index contributed by atoms with van der Waals surface area (Å²) in [6, 6.07) is 14.0. The quantitative estimate of drug-likeness (QED) is 0.297. The summed E-state index contributed by atoms with van der Waals surface area (Å²) in [5.41, 5.74) is 3.76. The molecule has 3 atom stereocenters. The van der Waals surface area contributed by atoms with Crippen LogP contribution in [0.4, 0.5) is 4.39 Å². The molecule has 10 heteroatoms. The second-order valence-corrected chi connectivity index (χ2v) is 11.4. The number of hydrogen-bond donors (Lipinski definition) is 1. The summed E-state index contributed by atoms with van der Waals surface area (Å²) in [5, 5.41) is 7.88. The molecule has 43 heavy (non-hydrogen) atoms. The molecule has 0 radical (unpaired) electrons. The Balaban J connectivity index is 1.22. The fraction of sp³-hybridized carbons (Fsp3) is 0.333. The van der Waals surface area contributed by atoms with Crippen molar-refractivity contribution < 1.29 is 18.8 Å². The Morgan fingerprint density at radius 3 is 2.42 bits per heavy atom. The average Bonchev–Trinajstić information content (AvgIpc) is 3.49. The largest absolute Gasteiger partial charge is 0.348 e. The minimum Gasteiger partial charge on any atom is -0.348 e. The molecule has 2 aromatic heterocycles. The SMILES string of the molecule is CC(=O)c1nn(CC(=O)N2[C@@H]3CC[C@@H]3C[C@H]2C(=O)NC/C(F)=C(/C)c2ccccc2)c2ccc(-c3cnc(C)nc3)cc12. The van der Waals surface area contributed by atoms with Crippen molar-refractivity contribution in [3.05, 3.63) is 83.8 Å². The first-order chi connectivity index (χ1) is 20.7. The Labute approximate surface area is 248 Å². The summed E-state index contributed by atoms with van der Waals surface area (Å²) >= 11 is 0. The van der Waals surface area contributed by atoms with E-state index in [4.69, 9.17) is 0 Å². The van der Waals surface area contributed by atoms with Gasteiger partial charge >= 0.3 is 0 Å². The Morgan fingerprint density at radius 2 is 1.74 bits per heavy atom. The molecule has 0 bridgehead atoms. The first-order valence-electron chi connectivity index (χ1n) is 14.5. The van der Waals surface area contributed by atoms with Gasteiger partial charge in [0.1, 0.15) is 29.9 Å². The molecule has 2 aliphatic rings. The lowest BCUT2D eigenvalue weighted by Crippen LogP contribution is -2.51. The highest BCUT2D eigenvalue weighted by Gasteiger charge is 2.51. The predicted octanol–water partition coefficient (Wildman–Crippen LogP) is 4.90. The molecular weight excluding hydrogens is 547 g/mol. The summed E-state index contributed by atoms with van der Waals surface area (Å²) in [4.78, 5) is 49.8. The number of fused-ring (bicyclic) bond motifs is 2. The van der Waals surface area contributed by atoms with Gasteiger partial charge in [-0.25, -0.2) is 14.4 Å². The lowest BCUT2D eigenvalue weighted by molar-refractivity contribution is -0.142. The van der Waals surface area contributed by atoms with Crippen molar-refractivity contribution in [2.75, 3.05) is 6.54 Å². The van der Waals surface area contributed by atoms with Crippen LogP contribution >= 0.6 is 0 Å². The van der Waals surface area contributed by atoms with Crippen molar-refractivity contribution >= 4 is 34.1 Å². The Morgan fingerprint density at radius 1 is 1.00 bits per heavy atom. The molecular formula is C33H33FN6O3. The van der Waals surface area contributed by atoms with Gasteiger partial charge in [0.15, 0.2) is 5.78 Å². The normalized spacial score (nSPS) is 19.9. The number of aryl methyl sites for hydroxylation is 1. The number of nitrogens with zero attached hydrogens (tertiary/aromatic N) is 5. The number of hydrogen-bond acceptors (Lipinski definition) is 6. The molecule has 1 saturated heterocycles. The minimum atomic E-state index is -0.683. The third-order valence-electron chi connectivity index (χ3n) is 8.70. The van der Waals surface area contributed by atoms with Gasteiger partial charge in [0.05, 0.1) is 12.1 Å². The summed E-state index contributed by atoms with van der Waals surface area (Å²) in [6.45, 7) is 4.58. The summed E-state index contributed by atoms with van der Waals surface area (Å²) < 4.78 is 16.5. The first kappa shape index (κ1) is 28.4. The molecule has 2 fully saturated rings. The maximum absolute atomic E-state index is 14.9. The lowest BCUT2D eigenvalue weighted by Gasteiger charge is -2.37. The smallest absolute Gasteiger partial charge is 0.245 e. The van der Waals surface area contributed by atoms with Gasteiger partial charge in [-0.1, -0.05) is 36.4 Å². The fourth-order valence-corrected chi connectivity index (χ4v) is 6.17. The van der Waals surface area contributed by atoms with Gasteiger partial charge in [-0.3, -0.25) is 19.1 Å². The zero-order valence-corrected chi connectivity index (χ0v) is 24.4. The third kappa shape index (κ3) is 5.45. The maximum Gasteiger partial charge on any atom is 0.245 e. The van der Waals surface area contributed by atoms with E-state index in [1.807, 2.05) is 55.5 Å². The average molecular weight is 581 g/mol. The zero-order chi connectivity index (χ0) is 30.2. The van der Waals surface area contributed by atoms with E-state index in [2.05, 4.69) is 20.4 Å². The van der Waals surface area contributed by atoms with Gasteiger partial charge in [-0.2, -0.15) is 5.10 Å². The molecule has 0 unspecified atom stereocenters. The van der Waals surface area contributed by atoms with Gasteiger partial charge in [0, 0.05) is 36.3 Å². The highest BCUT2D eigenvalue weighted by atomic mass is 19.1. The van der Waals surface area contributed by atoms with Gasteiger partial charge in [-0.05, 0) is 67.9 Å².